The van der Waals surface area contributed by atoms with Gasteiger partial charge >= 0.3 is 0 Å². The summed E-state index contributed by atoms with van der Waals surface area (Å²) in [6.07, 6.45) is 4.00. The fraction of sp³-hybridized carbons (Fsp3) is 0.381. The van der Waals surface area contributed by atoms with Crippen molar-refractivity contribution in [2.24, 2.45) is 5.92 Å². The molecule has 1 amide bonds. The number of nitrogens with zero attached hydrogens (tertiary/aromatic N) is 3. The average molecular weight is 364 g/mol. The van der Waals surface area contributed by atoms with E-state index in [0.29, 0.717) is 12.3 Å². The second-order valence-electron chi connectivity index (χ2n) is 7.45. The molecule has 6 nitrogen and oxygen atoms in total. The van der Waals surface area contributed by atoms with Crippen molar-refractivity contribution in [1.82, 2.24) is 19.9 Å². The van der Waals surface area contributed by atoms with Gasteiger partial charge in [0.25, 0.3) is 0 Å². The number of nitrogens with one attached hydrogen (secondary N) is 1. The maximum absolute atomic E-state index is 12.7. The molecule has 27 heavy (non-hydrogen) atoms. The van der Waals surface area contributed by atoms with E-state index < -0.39 is 0 Å². The molecule has 6 heteroatoms. The molecule has 3 aromatic rings. The van der Waals surface area contributed by atoms with Crippen molar-refractivity contribution < 1.29 is 9.53 Å². The summed E-state index contributed by atoms with van der Waals surface area (Å²) in [4.78, 5) is 12.7. The third-order valence-corrected chi connectivity index (χ3v) is 4.82. The number of ether oxygens (including phenoxy) is 1. The first-order valence-corrected chi connectivity index (χ1v) is 9.44. The molecule has 140 valence electrons. The third-order valence-electron chi connectivity index (χ3n) is 4.82. The molecular formula is C21H24N4O2. The van der Waals surface area contributed by atoms with Crippen molar-refractivity contribution in [2.45, 2.75) is 39.2 Å². The second kappa shape index (κ2) is 7.39. The van der Waals surface area contributed by atoms with Crippen LogP contribution in [0.25, 0.3) is 5.65 Å². The first-order valence-electron chi connectivity index (χ1n) is 9.44. The van der Waals surface area contributed by atoms with Crippen LogP contribution in [0, 0.1) is 5.92 Å². The van der Waals surface area contributed by atoms with Crippen molar-refractivity contribution in [3.8, 4) is 5.75 Å². The van der Waals surface area contributed by atoms with Crippen LogP contribution in [-0.2, 0) is 17.6 Å². The Morgan fingerprint density at radius 1 is 1.26 bits per heavy atom. The molecule has 0 aliphatic carbocycles. The zero-order chi connectivity index (χ0) is 18.8. The highest BCUT2D eigenvalue weighted by molar-refractivity contribution is 5.79. The number of fused-ring (bicyclic) bond motifs is 2. The van der Waals surface area contributed by atoms with Gasteiger partial charge in [-0.3, -0.25) is 9.20 Å². The molecule has 0 bridgehead atoms. The lowest BCUT2D eigenvalue weighted by molar-refractivity contribution is -0.121. The molecule has 0 fully saturated rings. The van der Waals surface area contributed by atoms with Gasteiger partial charge in [-0.15, -0.1) is 10.2 Å². The Morgan fingerprint density at radius 3 is 3.00 bits per heavy atom. The molecule has 1 atom stereocenters. The minimum absolute atomic E-state index is 0.0220. The zero-order valence-corrected chi connectivity index (χ0v) is 15.7. The van der Waals surface area contributed by atoms with E-state index in [-0.39, 0.29) is 11.9 Å². The van der Waals surface area contributed by atoms with Gasteiger partial charge in [0.15, 0.2) is 11.5 Å². The van der Waals surface area contributed by atoms with E-state index >= 15 is 0 Å². The monoisotopic (exact) mass is 364 g/mol. The topological polar surface area (TPSA) is 68.5 Å². The number of rotatable bonds is 6. The Morgan fingerprint density at radius 2 is 2.15 bits per heavy atom. The molecule has 1 N–H and O–H groups in total. The highest BCUT2D eigenvalue weighted by Gasteiger charge is 2.22. The molecule has 0 radical (unpaired) electrons. The van der Waals surface area contributed by atoms with E-state index in [4.69, 9.17) is 4.74 Å². The first-order chi connectivity index (χ1) is 13.1. The number of benzene rings is 1. The van der Waals surface area contributed by atoms with E-state index in [2.05, 4.69) is 35.4 Å². The van der Waals surface area contributed by atoms with E-state index in [1.807, 2.05) is 40.9 Å². The van der Waals surface area contributed by atoms with Crippen LogP contribution in [0.1, 0.15) is 43.3 Å². The van der Waals surface area contributed by atoms with Gasteiger partial charge in [0.1, 0.15) is 5.75 Å². The number of amides is 1. The van der Waals surface area contributed by atoms with E-state index in [1.54, 1.807) is 0 Å². The first kappa shape index (κ1) is 17.5. The maximum Gasteiger partial charge on any atom is 0.225 e. The molecule has 0 unspecified atom stereocenters. The van der Waals surface area contributed by atoms with E-state index in [1.165, 1.54) is 5.56 Å². The summed E-state index contributed by atoms with van der Waals surface area (Å²) >= 11 is 0. The molecule has 0 saturated carbocycles. The fourth-order valence-corrected chi connectivity index (χ4v) is 3.55. The van der Waals surface area contributed by atoms with Gasteiger partial charge in [-0.1, -0.05) is 32.0 Å². The summed E-state index contributed by atoms with van der Waals surface area (Å²) in [5.41, 5.74) is 2.96. The molecular weight excluding hydrogens is 340 g/mol. The Hall–Kier alpha value is -2.89. The van der Waals surface area contributed by atoms with Crippen LogP contribution in [-0.4, -0.2) is 27.1 Å². The number of hydrogen-bond acceptors (Lipinski definition) is 4. The minimum Gasteiger partial charge on any atom is -0.493 e. The van der Waals surface area contributed by atoms with Gasteiger partial charge in [0, 0.05) is 12.6 Å². The lowest BCUT2D eigenvalue weighted by atomic mass is 10.0. The van der Waals surface area contributed by atoms with Crippen LogP contribution in [0.3, 0.4) is 0 Å². The van der Waals surface area contributed by atoms with Gasteiger partial charge < -0.3 is 10.1 Å². The third kappa shape index (κ3) is 3.79. The van der Waals surface area contributed by atoms with Gasteiger partial charge in [0.2, 0.25) is 5.91 Å². The minimum atomic E-state index is -0.180. The van der Waals surface area contributed by atoms with Crippen LogP contribution < -0.4 is 10.1 Å². The Labute approximate surface area is 158 Å². The summed E-state index contributed by atoms with van der Waals surface area (Å²) in [7, 11) is 0. The molecule has 3 heterocycles. The predicted octanol–water partition coefficient (Wildman–Crippen LogP) is 3.11. The van der Waals surface area contributed by atoms with Crippen molar-refractivity contribution in [3.63, 3.8) is 0 Å². The van der Waals surface area contributed by atoms with Crippen LogP contribution in [0.4, 0.5) is 0 Å². The number of hydrogen-bond donors (Lipinski definition) is 1. The number of pyridine rings is 1. The van der Waals surface area contributed by atoms with Gasteiger partial charge in [0.05, 0.1) is 19.1 Å². The lowest BCUT2D eigenvalue weighted by Gasteiger charge is -2.19. The zero-order valence-electron chi connectivity index (χ0n) is 15.7. The summed E-state index contributed by atoms with van der Waals surface area (Å²) < 4.78 is 7.55. The highest BCUT2D eigenvalue weighted by atomic mass is 16.5. The fourth-order valence-electron chi connectivity index (χ4n) is 3.55. The Bertz CT molecular complexity index is 964. The number of carbonyl (C=O) groups excluding carboxylic acids is 1. The predicted molar refractivity (Wildman–Crippen MR) is 103 cm³/mol. The van der Waals surface area contributed by atoms with Crippen molar-refractivity contribution in [3.05, 3.63) is 59.5 Å². The van der Waals surface area contributed by atoms with Crippen LogP contribution >= 0.6 is 0 Å². The average Bonchev–Trinajstić information content (AvgIpc) is 3.27. The van der Waals surface area contributed by atoms with E-state index in [9.17, 15) is 4.79 Å². The molecule has 1 aromatic carbocycles. The SMILES string of the molecule is CC(C)C[C@H](NC(=O)Cc1ccc2c(c1)OCC2)c1nnc2ccccn12. The molecule has 1 aliphatic rings. The highest BCUT2D eigenvalue weighted by Crippen LogP contribution is 2.26. The maximum atomic E-state index is 12.7. The normalized spacial score (nSPS) is 14.2. The molecule has 4 rings (SSSR count). The number of carbonyl (C=O) groups is 1. The van der Waals surface area contributed by atoms with Gasteiger partial charge in [-0.25, -0.2) is 0 Å². The van der Waals surface area contributed by atoms with E-state index in [0.717, 1.165) is 42.2 Å². The summed E-state index contributed by atoms with van der Waals surface area (Å²) in [5, 5.41) is 11.7. The van der Waals surface area contributed by atoms with Crippen molar-refractivity contribution in [2.75, 3.05) is 6.61 Å². The molecule has 0 spiro atoms. The molecule has 2 aromatic heterocycles. The lowest BCUT2D eigenvalue weighted by Crippen LogP contribution is -2.32. The molecule has 0 saturated heterocycles. The quantitative estimate of drug-likeness (QED) is 0.730. The van der Waals surface area contributed by atoms with Crippen LogP contribution in [0.5, 0.6) is 5.75 Å². The summed E-state index contributed by atoms with van der Waals surface area (Å²) in [5.74, 6) is 2.07. The van der Waals surface area contributed by atoms with Crippen molar-refractivity contribution in [1.29, 1.82) is 0 Å². The van der Waals surface area contributed by atoms with Crippen LogP contribution in [0.2, 0.25) is 0 Å². The standard InChI is InChI=1S/C21H24N4O2/c1-14(2)11-17(21-24-23-19-5-3-4-9-25(19)21)22-20(26)13-15-6-7-16-8-10-27-18(16)12-15/h3-7,9,12,14,17H,8,10-11,13H2,1-2H3,(H,22,26)/t17-/m0/s1. The number of aromatic nitrogens is 3. The summed E-state index contributed by atoms with van der Waals surface area (Å²) in [6, 6.07) is 11.7. The molecule has 1 aliphatic heterocycles. The van der Waals surface area contributed by atoms with Crippen LogP contribution in [0.15, 0.2) is 42.6 Å². The largest absolute Gasteiger partial charge is 0.493 e. The second-order valence-corrected chi connectivity index (χ2v) is 7.45. The van der Waals surface area contributed by atoms with Gasteiger partial charge in [-0.05, 0) is 41.7 Å². The smallest absolute Gasteiger partial charge is 0.225 e. The summed E-state index contributed by atoms with van der Waals surface area (Å²) in [6.45, 7) is 5.00. The Balaban J connectivity index is 1.52. The van der Waals surface area contributed by atoms with Crippen molar-refractivity contribution >= 4 is 11.6 Å². The van der Waals surface area contributed by atoms with Gasteiger partial charge in [-0.2, -0.15) is 0 Å². The Kier molecular flexibility index (Phi) is 4.79.